The summed E-state index contributed by atoms with van der Waals surface area (Å²) in [4.78, 5) is 11.7. The number of H-pyrrole nitrogens is 1. The van der Waals surface area contributed by atoms with Crippen LogP contribution in [0.3, 0.4) is 0 Å². The van der Waals surface area contributed by atoms with Crippen LogP contribution in [0.5, 0.6) is 5.75 Å². The predicted octanol–water partition coefficient (Wildman–Crippen LogP) is 3.42. The Morgan fingerprint density at radius 1 is 1.28 bits per heavy atom. The highest BCUT2D eigenvalue weighted by molar-refractivity contribution is 7.71. The van der Waals surface area contributed by atoms with Crippen LogP contribution >= 0.6 is 23.8 Å². The van der Waals surface area contributed by atoms with Gasteiger partial charge in [-0.3, -0.25) is 9.89 Å². The average molecular weight is 373 g/mol. The number of aromatic amines is 1. The zero-order chi connectivity index (χ0) is 17.6. The minimum absolute atomic E-state index is 0.124. The molecule has 0 atom stereocenters. The molecular formula is C17H13ClN4O2S. The third kappa shape index (κ3) is 4.62. The second kappa shape index (κ2) is 7.87. The molecule has 0 amide bonds. The molecule has 126 valence electrons. The first-order valence-electron chi connectivity index (χ1n) is 7.30. The van der Waals surface area contributed by atoms with E-state index < -0.39 is 5.56 Å². The minimum atomic E-state index is -0.407. The van der Waals surface area contributed by atoms with Crippen molar-refractivity contribution in [1.82, 2.24) is 14.9 Å². The molecule has 0 bridgehead atoms. The van der Waals surface area contributed by atoms with Gasteiger partial charge in [-0.1, -0.05) is 35.9 Å². The third-order valence-corrected chi connectivity index (χ3v) is 3.75. The maximum absolute atomic E-state index is 11.7. The van der Waals surface area contributed by atoms with Crippen LogP contribution in [-0.2, 0) is 6.61 Å². The lowest BCUT2D eigenvalue weighted by molar-refractivity contribution is 0.306. The lowest BCUT2D eigenvalue weighted by atomic mass is 10.2. The summed E-state index contributed by atoms with van der Waals surface area (Å²) in [6.45, 7) is 0.423. The molecule has 0 spiro atoms. The quantitative estimate of drug-likeness (QED) is 0.550. The first kappa shape index (κ1) is 17.1. The van der Waals surface area contributed by atoms with Gasteiger partial charge in [0.15, 0.2) is 0 Å². The molecular weight excluding hydrogens is 360 g/mol. The highest BCUT2D eigenvalue weighted by Gasteiger charge is 1.99. The monoisotopic (exact) mass is 372 g/mol. The normalized spacial score (nSPS) is 10.9. The Labute approximate surface area is 153 Å². The highest BCUT2D eigenvalue weighted by Crippen LogP contribution is 2.15. The fourth-order valence-electron chi connectivity index (χ4n) is 2.01. The van der Waals surface area contributed by atoms with Gasteiger partial charge in [-0.05, 0) is 47.6 Å². The topological polar surface area (TPSA) is 72.3 Å². The summed E-state index contributed by atoms with van der Waals surface area (Å²) in [6.07, 6.45) is 2.64. The summed E-state index contributed by atoms with van der Waals surface area (Å²) < 4.78 is 6.95. The third-order valence-electron chi connectivity index (χ3n) is 3.24. The molecule has 0 saturated heterocycles. The summed E-state index contributed by atoms with van der Waals surface area (Å²) in [5.41, 5.74) is 1.37. The van der Waals surface area contributed by atoms with E-state index in [9.17, 15) is 4.79 Å². The largest absolute Gasteiger partial charge is 0.489 e. The zero-order valence-corrected chi connectivity index (χ0v) is 14.5. The Balaban J connectivity index is 1.73. The summed E-state index contributed by atoms with van der Waals surface area (Å²) in [5.74, 6) is 0.686. The molecule has 1 heterocycles. The summed E-state index contributed by atoms with van der Waals surface area (Å²) in [5, 5.41) is 10.9. The molecule has 0 aliphatic carbocycles. The van der Waals surface area contributed by atoms with Crippen LogP contribution in [0.2, 0.25) is 5.02 Å². The Morgan fingerprint density at radius 2 is 2.08 bits per heavy atom. The molecule has 1 N–H and O–H groups in total. The molecule has 3 rings (SSSR count). The number of ether oxygens (including phenoxy) is 1. The smallest absolute Gasteiger partial charge is 0.293 e. The van der Waals surface area contributed by atoms with Gasteiger partial charge in [-0.2, -0.15) is 14.9 Å². The standard InChI is InChI=1S/C17H13ClN4O2S/c18-14-6-4-12(5-7-14)11-24-15-3-1-2-13(8-15)9-20-22-16(23)10-19-21-17(22)25/h1-10H,11H2,(H,21,25)/b20-9+. The Kier molecular flexibility index (Phi) is 5.37. The van der Waals surface area contributed by atoms with Crippen molar-refractivity contribution in [3.63, 3.8) is 0 Å². The van der Waals surface area contributed by atoms with Gasteiger partial charge in [-0.25, -0.2) is 0 Å². The molecule has 0 fully saturated rings. The van der Waals surface area contributed by atoms with E-state index in [1.54, 1.807) is 0 Å². The molecule has 6 nitrogen and oxygen atoms in total. The van der Waals surface area contributed by atoms with Crippen LogP contribution in [0, 0.1) is 4.77 Å². The highest BCUT2D eigenvalue weighted by atomic mass is 35.5. The zero-order valence-electron chi connectivity index (χ0n) is 12.9. The second-order valence-corrected chi connectivity index (χ2v) is 5.88. The van der Waals surface area contributed by atoms with E-state index >= 15 is 0 Å². The van der Waals surface area contributed by atoms with Gasteiger partial charge in [0.2, 0.25) is 4.77 Å². The van der Waals surface area contributed by atoms with Gasteiger partial charge in [0.1, 0.15) is 18.6 Å². The minimum Gasteiger partial charge on any atom is -0.489 e. The Hall–Kier alpha value is -2.77. The van der Waals surface area contributed by atoms with Crippen molar-refractivity contribution in [1.29, 1.82) is 0 Å². The fraction of sp³-hybridized carbons (Fsp3) is 0.0588. The van der Waals surface area contributed by atoms with Gasteiger partial charge in [0, 0.05) is 5.02 Å². The molecule has 1 aromatic heterocycles. The molecule has 0 radical (unpaired) electrons. The molecule has 8 heteroatoms. The lowest BCUT2D eigenvalue weighted by Crippen LogP contribution is -2.18. The number of nitrogens with one attached hydrogen (secondary N) is 1. The Bertz CT molecular complexity index is 984. The van der Waals surface area contributed by atoms with Gasteiger partial charge < -0.3 is 4.74 Å². The van der Waals surface area contributed by atoms with Crippen molar-refractivity contribution in [2.24, 2.45) is 5.10 Å². The number of nitrogens with zero attached hydrogens (tertiary/aromatic N) is 3. The maximum atomic E-state index is 11.7. The van der Waals surface area contributed by atoms with Crippen LogP contribution < -0.4 is 10.3 Å². The van der Waals surface area contributed by atoms with Crippen LogP contribution in [0.15, 0.2) is 64.6 Å². The molecule has 0 aliphatic heterocycles. The van der Waals surface area contributed by atoms with E-state index in [1.807, 2.05) is 48.5 Å². The second-order valence-electron chi connectivity index (χ2n) is 5.06. The summed E-state index contributed by atoms with van der Waals surface area (Å²) in [6, 6.07) is 14.8. The fourth-order valence-corrected chi connectivity index (χ4v) is 2.33. The number of rotatable bonds is 5. The first-order chi connectivity index (χ1) is 12.1. The molecule has 3 aromatic rings. The van der Waals surface area contributed by atoms with Gasteiger partial charge >= 0.3 is 0 Å². The van der Waals surface area contributed by atoms with Crippen molar-refractivity contribution in [2.75, 3.05) is 0 Å². The van der Waals surface area contributed by atoms with Crippen LogP contribution in [0.1, 0.15) is 11.1 Å². The summed E-state index contributed by atoms with van der Waals surface area (Å²) in [7, 11) is 0. The molecule has 0 unspecified atom stereocenters. The van der Waals surface area contributed by atoms with Crippen LogP contribution in [0.4, 0.5) is 0 Å². The molecule has 0 aliphatic rings. The molecule has 0 saturated carbocycles. The number of halogens is 1. The van der Waals surface area contributed by atoms with Crippen LogP contribution in [-0.4, -0.2) is 21.1 Å². The van der Waals surface area contributed by atoms with Crippen LogP contribution in [0.25, 0.3) is 0 Å². The average Bonchev–Trinajstić information content (AvgIpc) is 2.61. The van der Waals surface area contributed by atoms with Crippen molar-refractivity contribution >= 4 is 30.0 Å². The van der Waals surface area contributed by atoms with E-state index in [0.717, 1.165) is 22.0 Å². The SMILES string of the molecule is O=c1cn[nH]c(=S)n1/N=C/c1cccc(OCc2ccc(Cl)cc2)c1. The van der Waals surface area contributed by atoms with Gasteiger partial charge in [0.25, 0.3) is 5.56 Å². The predicted molar refractivity (Wildman–Crippen MR) is 98.9 cm³/mol. The Morgan fingerprint density at radius 3 is 2.84 bits per heavy atom. The molecule has 2 aromatic carbocycles. The summed E-state index contributed by atoms with van der Waals surface area (Å²) >= 11 is 10.8. The number of benzene rings is 2. The number of hydrogen-bond donors (Lipinski definition) is 1. The molecule has 25 heavy (non-hydrogen) atoms. The van der Waals surface area contributed by atoms with E-state index in [4.69, 9.17) is 28.6 Å². The van der Waals surface area contributed by atoms with E-state index in [2.05, 4.69) is 15.3 Å². The lowest BCUT2D eigenvalue weighted by Gasteiger charge is -2.07. The van der Waals surface area contributed by atoms with E-state index in [0.29, 0.717) is 17.4 Å². The van der Waals surface area contributed by atoms with Gasteiger partial charge in [0.05, 0.1) is 6.21 Å². The van der Waals surface area contributed by atoms with Crippen molar-refractivity contribution in [3.05, 3.63) is 86.0 Å². The van der Waals surface area contributed by atoms with Gasteiger partial charge in [-0.15, -0.1) is 0 Å². The van der Waals surface area contributed by atoms with Crippen molar-refractivity contribution < 1.29 is 4.74 Å². The van der Waals surface area contributed by atoms with E-state index in [1.165, 1.54) is 6.21 Å². The number of aromatic nitrogens is 3. The number of hydrogen-bond acceptors (Lipinski definition) is 5. The maximum Gasteiger partial charge on any atom is 0.293 e. The van der Waals surface area contributed by atoms with Crippen molar-refractivity contribution in [3.8, 4) is 5.75 Å². The van der Waals surface area contributed by atoms with E-state index in [-0.39, 0.29) is 4.77 Å². The van der Waals surface area contributed by atoms with Crippen molar-refractivity contribution in [2.45, 2.75) is 6.61 Å². The first-order valence-corrected chi connectivity index (χ1v) is 8.09.